The van der Waals surface area contributed by atoms with Crippen LogP contribution in [-0.2, 0) is 11.3 Å². The van der Waals surface area contributed by atoms with Crippen molar-refractivity contribution in [3.05, 3.63) is 63.4 Å². The van der Waals surface area contributed by atoms with Gasteiger partial charge in [0.2, 0.25) is 5.95 Å². The van der Waals surface area contributed by atoms with E-state index in [1.165, 1.54) is 28.4 Å². The molecule has 0 radical (unpaired) electrons. The number of nitrogens with zero attached hydrogens (tertiary/aromatic N) is 4. The zero-order valence-corrected chi connectivity index (χ0v) is 16.5. The first-order valence-electron chi connectivity index (χ1n) is 9.21. The lowest BCUT2D eigenvalue weighted by Gasteiger charge is -2.40. The van der Waals surface area contributed by atoms with Gasteiger partial charge >= 0.3 is 5.97 Å². The van der Waals surface area contributed by atoms with E-state index in [1.807, 2.05) is 11.4 Å². The zero-order valence-electron chi connectivity index (χ0n) is 15.7. The summed E-state index contributed by atoms with van der Waals surface area (Å²) in [6.45, 7) is 0.250. The molecule has 0 amide bonds. The van der Waals surface area contributed by atoms with Gasteiger partial charge < -0.3 is 5.11 Å². The highest BCUT2D eigenvalue weighted by Crippen LogP contribution is 2.31. The smallest absolute Gasteiger partial charge is 0.324 e. The van der Waals surface area contributed by atoms with Crippen molar-refractivity contribution in [3.63, 3.8) is 0 Å². The molecular weight excluding hydrogens is 413 g/mol. The Hall–Kier alpha value is -3.18. The summed E-state index contributed by atoms with van der Waals surface area (Å²) in [4.78, 5) is 34.2. The summed E-state index contributed by atoms with van der Waals surface area (Å²) in [6, 6.07) is 7.51. The van der Waals surface area contributed by atoms with Crippen molar-refractivity contribution < 1.29 is 19.2 Å². The summed E-state index contributed by atoms with van der Waals surface area (Å²) in [6.07, 6.45) is 0.173. The number of piperidine rings is 1. The number of hydrogen-bond acceptors (Lipinski definition) is 8. The molecule has 0 spiro atoms. The van der Waals surface area contributed by atoms with Gasteiger partial charge in [-0.05, 0) is 35.6 Å². The molecule has 1 aliphatic rings. The number of nitro groups is 1. The maximum atomic E-state index is 13.1. The molecule has 9 nitrogen and oxygen atoms in total. The number of aromatic nitrogens is 2. The van der Waals surface area contributed by atoms with Crippen LogP contribution < -0.4 is 10.2 Å². The highest BCUT2D eigenvalue weighted by atomic mass is 32.1. The van der Waals surface area contributed by atoms with Crippen LogP contribution in [-0.4, -0.2) is 44.2 Å². The van der Waals surface area contributed by atoms with E-state index in [1.54, 1.807) is 18.3 Å². The number of thiophene rings is 1. The maximum Gasteiger partial charge on any atom is 0.324 e. The van der Waals surface area contributed by atoms with Gasteiger partial charge in [0.05, 0.1) is 6.42 Å². The standard InChI is InChI=1S/C19H18FN5O4S/c20-14-3-1-12(2-4-14)10-22-19(17(26)27)6-7-24(15(9-19)25(28)29)18-21-11-13-5-8-30-16(13)23-18/h1-5,8,11,15,22H,6-7,9-10H2,(H,26,27). The number of anilines is 1. The number of halogens is 1. The summed E-state index contributed by atoms with van der Waals surface area (Å²) in [7, 11) is 0. The summed E-state index contributed by atoms with van der Waals surface area (Å²) >= 11 is 1.41. The first-order valence-corrected chi connectivity index (χ1v) is 10.1. The van der Waals surface area contributed by atoms with Crippen LogP contribution in [0.2, 0.25) is 0 Å². The van der Waals surface area contributed by atoms with Crippen LogP contribution >= 0.6 is 11.3 Å². The molecule has 2 unspecified atom stereocenters. The van der Waals surface area contributed by atoms with Gasteiger partial charge in [-0.3, -0.25) is 25.1 Å². The number of carboxylic acid groups (broad SMARTS) is 1. The Balaban J connectivity index is 1.58. The molecule has 1 saturated heterocycles. The number of aliphatic carboxylic acids is 1. The van der Waals surface area contributed by atoms with Crippen LogP contribution in [0.3, 0.4) is 0 Å². The molecule has 0 bridgehead atoms. The van der Waals surface area contributed by atoms with Gasteiger partial charge in [0.25, 0.3) is 6.17 Å². The average Bonchev–Trinajstić information content (AvgIpc) is 3.21. The van der Waals surface area contributed by atoms with Crippen molar-refractivity contribution in [1.29, 1.82) is 0 Å². The number of benzene rings is 1. The highest BCUT2D eigenvalue weighted by Gasteiger charge is 2.50. The zero-order chi connectivity index (χ0) is 21.3. The molecule has 3 aromatic rings. The van der Waals surface area contributed by atoms with E-state index in [-0.39, 0.29) is 31.9 Å². The van der Waals surface area contributed by atoms with Gasteiger partial charge in [-0.1, -0.05) is 12.1 Å². The molecule has 11 heteroatoms. The molecule has 3 heterocycles. The highest BCUT2D eigenvalue weighted by molar-refractivity contribution is 7.16. The van der Waals surface area contributed by atoms with Crippen molar-refractivity contribution in [2.75, 3.05) is 11.4 Å². The fourth-order valence-electron chi connectivity index (χ4n) is 3.60. The van der Waals surface area contributed by atoms with Crippen molar-refractivity contribution in [1.82, 2.24) is 15.3 Å². The molecule has 1 fully saturated rings. The SMILES string of the molecule is O=C(O)C1(NCc2ccc(F)cc2)CCN(c2ncc3ccsc3n2)C([N+](=O)[O-])C1. The topological polar surface area (TPSA) is 121 Å². The van der Waals surface area contributed by atoms with Gasteiger partial charge in [0, 0.05) is 29.6 Å². The van der Waals surface area contributed by atoms with E-state index >= 15 is 0 Å². The van der Waals surface area contributed by atoms with Crippen molar-refractivity contribution in [3.8, 4) is 0 Å². The maximum absolute atomic E-state index is 13.1. The number of rotatable bonds is 6. The molecule has 2 atom stereocenters. The Bertz CT molecular complexity index is 1090. The van der Waals surface area contributed by atoms with Crippen LogP contribution in [0.15, 0.2) is 41.9 Å². The lowest BCUT2D eigenvalue weighted by Crippen LogP contribution is -2.63. The van der Waals surface area contributed by atoms with E-state index in [0.29, 0.717) is 10.4 Å². The van der Waals surface area contributed by atoms with Crippen LogP contribution in [0.25, 0.3) is 10.2 Å². The first kappa shape index (κ1) is 20.1. The van der Waals surface area contributed by atoms with Crippen molar-refractivity contribution >= 4 is 33.5 Å². The summed E-state index contributed by atoms with van der Waals surface area (Å²) in [5.74, 6) is -1.34. The monoisotopic (exact) mass is 431 g/mol. The third-order valence-corrected chi connectivity index (χ3v) is 6.14. The normalized spacial score (nSPS) is 21.6. The number of hydrogen-bond donors (Lipinski definition) is 2. The minimum absolute atomic E-state index is 0.102. The number of carboxylic acids is 1. The minimum Gasteiger partial charge on any atom is -0.480 e. The minimum atomic E-state index is -1.49. The van der Waals surface area contributed by atoms with Gasteiger partial charge in [-0.15, -0.1) is 11.3 Å². The van der Waals surface area contributed by atoms with Crippen LogP contribution in [0, 0.1) is 15.9 Å². The van der Waals surface area contributed by atoms with Gasteiger partial charge in [0.15, 0.2) is 0 Å². The second-order valence-electron chi connectivity index (χ2n) is 7.13. The van der Waals surface area contributed by atoms with E-state index in [4.69, 9.17) is 0 Å². The first-order chi connectivity index (χ1) is 14.4. The number of fused-ring (bicyclic) bond motifs is 1. The fourth-order valence-corrected chi connectivity index (χ4v) is 4.33. The average molecular weight is 431 g/mol. The van der Waals surface area contributed by atoms with E-state index < -0.39 is 28.4 Å². The molecule has 2 N–H and O–H groups in total. The Kier molecular flexibility index (Phi) is 5.31. The molecule has 0 aliphatic carbocycles. The molecule has 156 valence electrons. The predicted molar refractivity (Wildman–Crippen MR) is 108 cm³/mol. The number of nitrogens with one attached hydrogen (secondary N) is 1. The largest absolute Gasteiger partial charge is 0.480 e. The Labute approximate surface area is 174 Å². The molecule has 1 aromatic carbocycles. The van der Waals surface area contributed by atoms with Crippen LogP contribution in [0.4, 0.5) is 10.3 Å². The molecule has 0 saturated carbocycles. The summed E-state index contributed by atoms with van der Waals surface area (Å²) in [5, 5.41) is 27.4. The molecule has 1 aliphatic heterocycles. The Morgan fingerprint density at radius 3 is 2.87 bits per heavy atom. The molecule has 30 heavy (non-hydrogen) atoms. The second-order valence-corrected chi connectivity index (χ2v) is 8.03. The van der Waals surface area contributed by atoms with Gasteiger partial charge in [0.1, 0.15) is 16.2 Å². The lowest BCUT2D eigenvalue weighted by molar-refractivity contribution is -0.526. The molecular formula is C19H18FN5O4S. The quantitative estimate of drug-likeness (QED) is 0.451. The van der Waals surface area contributed by atoms with Crippen LogP contribution in [0.5, 0.6) is 0 Å². The van der Waals surface area contributed by atoms with Gasteiger partial charge in [-0.25, -0.2) is 14.4 Å². The summed E-state index contributed by atoms with van der Waals surface area (Å²) < 4.78 is 13.1. The van der Waals surface area contributed by atoms with Gasteiger partial charge in [-0.2, -0.15) is 0 Å². The number of carbonyl (C=O) groups is 1. The fraction of sp³-hybridized carbons (Fsp3) is 0.316. The molecule has 2 aromatic heterocycles. The molecule has 4 rings (SSSR count). The van der Waals surface area contributed by atoms with Crippen molar-refractivity contribution in [2.24, 2.45) is 0 Å². The van der Waals surface area contributed by atoms with E-state index in [9.17, 15) is 24.4 Å². The Morgan fingerprint density at radius 2 is 2.17 bits per heavy atom. The van der Waals surface area contributed by atoms with E-state index in [0.717, 1.165) is 5.39 Å². The Morgan fingerprint density at radius 1 is 1.40 bits per heavy atom. The predicted octanol–water partition coefficient (Wildman–Crippen LogP) is 2.65. The third-order valence-electron chi connectivity index (χ3n) is 5.32. The third kappa shape index (κ3) is 3.81. The van der Waals surface area contributed by atoms with Crippen molar-refractivity contribution in [2.45, 2.75) is 31.1 Å². The van der Waals surface area contributed by atoms with Crippen LogP contribution in [0.1, 0.15) is 18.4 Å². The second kappa shape index (κ2) is 7.92. The lowest BCUT2D eigenvalue weighted by atomic mass is 9.85. The van der Waals surface area contributed by atoms with E-state index in [2.05, 4.69) is 15.3 Å². The summed E-state index contributed by atoms with van der Waals surface area (Å²) in [5.41, 5.74) is -0.807.